The Morgan fingerprint density at radius 1 is 1.67 bits per heavy atom. The van der Waals surface area contributed by atoms with Crippen LogP contribution in [0.1, 0.15) is 18.7 Å². The van der Waals surface area contributed by atoms with Gasteiger partial charge in [0.05, 0.1) is 12.1 Å². The molecule has 0 atom stereocenters. The molecular weight excluding hydrogens is 212 g/mol. The SMILES string of the molecule is CC(C)CN(CC(=O)O)Cc1cncs1. The summed E-state index contributed by atoms with van der Waals surface area (Å²) in [5, 5.41) is 8.77. The third kappa shape index (κ3) is 4.90. The molecule has 1 heterocycles. The fraction of sp³-hybridized carbons (Fsp3) is 0.600. The van der Waals surface area contributed by atoms with Gasteiger partial charge in [0.25, 0.3) is 0 Å². The molecule has 1 N–H and O–H groups in total. The highest BCUT2D eigenvalue weighted by Crippen LogP contribution is 2.10. The van der Waals surface area contributed by atoms with Crippen molar-refractivity contribution in [3.63, 3.8) is 0 Å². The zero-order valence-electron chi connectivity index (χ0n) is 9.01. The lowest BCUT2D eigenvalue weighted by atomic mass is 10.2. The maximum Gasteiger partial charge on any atom is 0.317 e. The Morgan fingerprint density at radius 2 is 2.40 bits per heavy atom. The van der Waals surface area contributed by atoms with Gasteiger partial charge in [0.2, 0.25) is 0 Å². The molecule has 0 saturated carbocycles. The Bertz CT molecular complexity index is 298. The van der Waals surface area contributed by atoms with Crippen LogP contribution in [0.5, 0.6) is 0 Å². The second kappa shape index (κ2) is 5.82. The van der Waals surface area contributed by atoms with E-state index in [2.05, 4.69) is 18.8 Å². The van der Waals surface area contributed by atoms with Crippen LogP contribution in [0, 0.1) is 5.92 Å². The van der Waals surface area contributed by atoms with Crippen molar-refractivity contribution in [3.05, 3.63) is 16.6 Å². The zero-order valence-corrected chi connectivity index (χ0v) is 9.83. The summed E-state index contributed by atoms with van der Waals surface area (Å²) >= 11 is 1.56. The van der Waals surface area contributed by atoms with Crippen molar-refractivity contribution in [2.75, 3.05) is 13.1 Å². The number of carbonyl (C=O) groups is 1. The number of rotatable bonds is 6. The van der Waals surface area contributed by atoms with Crippen LogP contribution in [0.3, 0.4) is 0 Å². The minimum absolute atomic E-state index is 0.0933. The van der Waals surface area contributed by atoms with Crippen LogP contribution < -0.4 is 0 Å². The second-order valence-electron chi connectivity index (χ2n) is 3.92. The van der Waals surface area contributed by atoms with E-state index in [1.807, 2.05) is 4.90 Å². The van der Waals surface area contributed by atoms with E-state index in [-0.39, 0.29) is 6.54 Å². The van der Waals surface area contributed by atoms with Gasteiger partial charge < -0.3 is 5.11 Å². The first kappa shape index (κ1) is 12.1. The normalized spacial score (nSPS) is 11.2. The highest BCUT2D eigenvalue weighted by molar-refractivity contribution is 7.09. The first-order valence-corrected chi connectivity index (χ1v) is 5.77. The van der Waals surface area contributed by atoms with Crippen LogP contribution >= 0.6 is 11.3 Å². The van der Waals surface area contributed by atoms with Gasteiger partial charge in [-0.05, 0) is 5.92 Å². The van der Waals surface area contributed by atoms with Gasteiger partial charge in [0, 0.05) is 24.2 Å². The highest BCUT2D eigenvalue weighted by atomic mass is 32.1. The molecule has 0 aromatic carbocycles. The summed E-state index contributed by atoms with van der Waals surface area (Å²) in [7, 11) is 0. The van der Waals surface area contributed by atoms with E-state index < -0.39 is 5.97 Å². The van der Waals surface area contributed by atoms with Gasteiger partial charge in [-0.15, -0.1) is 11.3 Å². The molecule has 5 heteroatoms. The summed E-state index contributed by atoms with van der Waals surface area (Å²) in [6.07, 6.45) is 1.79. The van der Waals surface area contributed by atoms with E-state index in [0.29, 0.717) is 12.5 Å². The number of aromatic nitrogens is 1. The van der Waals surface area contributed by atoms with Crippen LogP contribution in [0.2, 0.25) is 0 Å². The number of hydrogen-bond donors (Lipinski definition) is 1. The van der Waals surface area contributed by atoms with Gasteiger partial charge in [-0.25, -0.2) is 0 Å². The number of carboxylic acids is 1. The van der Waals surface area contributed by atoms with Crippen LogP contribution in [0.15, 0.2) is 11.7 Å². The van der Waals surface area contributed by atoms with E-state index >= 15 is 0 Å². The molecule has 0 aliphatic carbocycles. The van der Waals surface area contributed by atoms with E-state index in [4.69, 9.17) is 5.11 Å². The van der Waals surface area contributed by atoms with Crippen molar-refractivity contribution < 1.29 is 9.90 Å². The molecule has 0 radical (unpaired) electrons. The Balaban J connectivity index is 2.52. The second-order valence-corrected chi connectivity index (χ2v) is 4.90. The van der Waals surface area contributed by atoms with E-state index in [0.717, 1.165) is 11.4 Å². The third-order valence-corrected chi connectivity index (χ3v) is 2.61. The van der Waals surface area contributed by atoms with Gasteiger partial charge in [-0.2, -0.15) is 0 Å². The Kier molecular flexibility index (Phi) is 4.71. The maximum atomic E-state index is 10.7. The summed E-state index contributed by atoms with van der Waals surface area (Å²) in [5.41, 5.74) is 1.77. The minimum atomic E-state index is -0.778. The first-order valence-electron chi connectivity index (χ1n) is 4.89. The fourth-order valence-electron chi connectivity index (χ4n) is 1.43. The molecule has 0 spiro atoms. The molecule has 0 saturated heterocycles. The molecular formula is C10H16N2O2S. The van der Waals surface area contributed by atoms with Gasteiger partial charge in [-0.1, -0.05) is 13.8 Å². The Morgan fingerprint density at radius 3 is 2.87 bits per heavy atom. The van der Waals surface area contributed by atoms with E-state index in [1.165, 1.54) is 0 Å². The summed E-state index contributed by atoms with van der Waals surface area (Å²) in [4.78, 5) is 17.7. The molecule has 4 nitrogen and oxygen atoms in total. The van der Waals surface area contributed by atoms with E-state index in [1.54, 1.807) is 23.0 Å². The molecule has 15 heavy (non-hydrogen) atoms. The summed E-state index contributed by atoms with van der Waals surface area (Å²) in [6, 6.07) is 0. The number of carboxylic acid groups (broad SMARTS) is 1. The molecule has 0 unspecified atom stereocenters. The number of thiazole rings is 1. The van der Waals surface area contributed by atoms with Crippen molar-refractivity contribution >= 4 is 17.3 Å². The largest absolute Gasteiger partial charge is 0.480 e. The van der Waals surface area contributed by atoms with Crippen molar-refractivity contribution in [2.45, 2.75) is 20.4 Å². The van der Waals surface area contributed by atoms with Gasteiger partial charge in [-0.3, -0.25) is 14.7 Å². The van der Waals surface area contributed by atoms with Crippen LogP contribution in [-0.2, 0) is 11.3 Å². The molecule has 0 bridgehead atoms. The molecule has 1 aromatic heterocycles. The van der Waals surface area contributed by atoms with Crippen LogP contribution in [-0.4, -0.2) is 34.0 Å². The predicted molar refractivity (Wildman–Crippen MR) is 59.9 cm³/mol. The first-order chi connectivity index (χ1) is 7.08. The molecule has 0 fully saturated rings. The van der Waals surface area contributed by atoms with Crippen molar-refractivity contribution in [1.82, 2.24) is 9.88 Å². The van der Waals surface area contributed by atoms with Crippen molar-refractivity contribution in [2.24, 2.45) is 5.92 Å². The zero-order chi connectivity index (χ0) is 11.3. The number of aliphatic carboxylic acids is 1. The average molecular weight is 228 g/mol. The predicted octanol–water partition coefficient (Wildman–Crippen LogP) is 1.69. The molecule has 0 aliphatic heterocycles. The number of nitrogens with zero attached hydrogens (tertiary/aromatic N) is 2. The van der Waals surface area contributed by atoms with E-state index in [9.17, 15) is 4.79 Å². The van der Waals surface area contributed by atoms with Gasteiger partial charge in [0.1, 0.15) is 0 Å². The summed E-state index contributed by atoms with van der Waals surface area (Å²) in [5.74, 6) is -0.308. The van der Waals surface area contributed by atoms with Gasteiger partial charge in [0.15, 0.2) is 0 Å². The Labute approximate surface area is 93.6 Å². The molecule has 1 aromatic rings. The monoisotopic (exact) mass is 228 g/mol. The maximum absolute atomic E-state index is 10.7. The lowest BCUT2D eigenvalue weighted by Crippen LogP contribution is -2.32. The molecule has 84 valence electrons. The molecule has 0 amide bonds. The lowest BCUT2D eigenvalue weighted by molar-refractivity contribution is -0.138. The minimum Gasteiger partial charge on any atom is -0.480 e. The summed E-state index contributed by atoms with van der Waals surface area (Å²) < 4.78 is 0. The highest BCUT2D eigenvalue weighted by Gasteiger charge is 2.12. The van der Waals surface area contributed by atoms with Crippen LogP contribution in [0.4, 0.5) is 0 Å². The summed E-state index contributed by atoms with van der Waals surface area (Å²) in [6.45, 7) is 5.73. The van der Waals surface area contributed by atoms with Gasteiger partial charge >= 0.3 is 5.97 Å². The number of hydrogen-bond acceptors (Lipinski definition) is 4. The van der Waals surface area contributed by atoms with Crippen LogP contribution in [0.25, 0.3) is 0 Å². The Hall–Kier alpha value is -0.940. The molecule has 1 rings (SSSR count). The smallest absolute Gasteiger partial charge is 0.317 e. The van der Waals surface area contributed by atoms with Crippen molar-refractivity contribution in [3.8, 4) is 0 Å². The lowest BCUT2D eigenvalue weighted by Gasteiger charge is -2.21. The standard InChI is InChI=1S/C10H16N2O2S/c1-8(2)4-12(6-10(13)14)5-9-3-11-7-15-9/h3,7-8H,4-6H2,1-2H3,(H,13,14). The third-order valence-electron chi connectivity index (χ3n) is 1.85. The quantitative estimate of drug-likeness (QED) is 0.805. The average Bonchev–Trinajstić information content (AvgIpc) is 2.53. The molecule has 0 aliphatic rings. The fourth-order valence-corrected chi connectivity index (χ4v) is 2.07. The van der Waals surface area contributed by atoms with Crippen molar-refractivity contribution in [1.29, 1.82) is 0 Å². The topological polar surface area (TPSA) is 53.4 Å².